The number of pyridine rings is 1. The predicted molar refractivity (Wildman–Crippen MR) is 58.8 cm³/mol. The van der Waals surface area contributed by atoms with Crippen molar-refractivity contribution in [1.82, 2.24) is 10.3 Å². The van der Waals surface area contributed by atoms with Gasteiger partial charge in [-0.2, -0.15) is 0 Å². The van der Waals surface area contributed by atoms with Crippen LogP contribution in [0.3, 0.4) is 0 Å². The molecular formula is C11H15ClN2. The molecule has 2 heterocycles. The fraction of sp³-hybridized carbons (Fsp3) is 0.545. The summed E-state index contributed by atoms with van der Waals surface area (Å²) < 4.78 is 0. The van der Waals surface area contributed by atoms with Gasteiger partial charge in [0.1, 0.15) is 5.15 Å². The van der Waals surface area contributed by atoms with Crippen LogP contribution in [0.4, 0.5) is 0 Å². The van der Waals surface area contributed by atoms with Crippen molar-refractivity contribution < 1.29 is 0 Å². The van der Waals surface area contributed by atoms with E-state index in [1.165, 1.54) is 18.4 Å². The van der Waals surface area contributed by atoms with Crippen LogP contribution in [-0.2, 0) is 0 Å². The predicted octanol–water partition coefficient (Wildman–Crippen LogP) is 2.51. The molecule has 1 aliphatic rings. The molecule has 1 fully saturated rings. The second-order valence-electron chi connectivity index (χ2n) is 3.86. The largest absolute Gasteiger partial charge is 0.317 e. The van der Waals surface area contributed by atoms with E-state index in [0.717, 1.165) is 18.8 Å². The van der Waals surface area contributed by atoms with E-state index in [4.69, 9.17) is 11.6 Å². The molecule has 1 aromatic heterocycles. The van der Waals surface area contributed by atoms with Crippen molar-refractivity contribution in [1.29, 1.82) is 0 Å². The summed E-state index contributed by atoms with van der Waals surface area (Å²) >= 11 is 6.13. The molecule has 0 atom stereocenters. The van der Waals surface area contributed by atoms with Gasteiger partial charge in [-0.05, 0) is 50.4 Å². The molecule has 1 aliphatic heterocycles. The maximum atomic E-state index is 6.13. The van der Waals surface area contributed by atoms with Gasteiger partial charge in [0.15, 0.2) is 0 Å². The second kappa shape index (κ2) is 4.28. The molecule has 3 heteroatoms. The van der Waals surface area contributed by atoms with Crippen LogP contribution >= 0.6 is 11.6 Å². The Hall–Kier alpha value is -0.600. The lowest BCUT2D eigenvalue weighted by Crippen LogP contribution is -2.26. The minimum Gasteiger partial charge on any atom is -0.317 e. The van der Waals surface area contributed by atoms with Crippen LogP contribution in [0, 0.1) is 6.92 Å². The van der Waals surface area contributed by atoms with E-state index in [0.29, 0.717) is 11.1 Å². The minimum atomic E-state index is 0.594. The van der Waals surface area contributed by atoms with Gasteiger partial charge in [-0.3, -0.25) is 0 Å². The number of nitrogens with zero attached hydrogens (tertiary/aromatic N) is 1. The molecule has 0 aliphatic carbocycles. The zero-order valence-corrected chi connectivity index (χ0v) is 9.14. The molecule has 0 spiro atoms. The van der Waals surface area contributed by atoms with Crippen LogP contribution in [0.2, 0.25) is 5.15 Å². The van der Waals surface area contributed by atoms with Crippen LogP contribution in [0.5, 0.6) is 0 Å². The molecule has 1 N–H and O–H groups in total. The molecule has 0 bridgehead atoms. The Balaban J connectivity index is 2.22. The molecule has 0 amide bonds. The van der Waals surface area contributed by atoms with Gasteiger partial charge in [0.2, 0.25) is 0 Å². The molecule has 0 saturated carbocycles. The number of piperidine rings is 1. The third-order valence-corrected chi connectivity index (χ3v) is 3.10. The Labute approximate surface area is 89.7 Å². The first-order valence-corrected chi connectivity index (χ1v) is 5.49. The van der Waals surface area contributed by atoms with E-state index in [-0.39, 0.29) is 0 Å². The van der Waals surface area contributed by atoms with Crippen LogP contribution in [0.15, 0.2) is 12.1 Å². The normalized spacial score (nSPS) is 18.4. The maximum Gasteiger partial charge on any atom is 0.132 e. The summed E-state index contributed by atoms with van der Waals surface area (Å²) in [6.45, 7) is 4.15. The van der Waals surface area contributed by atoms with E-state index in [1.807, 2.05) is 13.0 Å². The quantitative estimate of drug-likeness (QED) is 0.721. The highest BCUT2D eigenvalue weighted by atomic mass is 35.5. The molecule has 76 valence electrons. The van der Waals surface area contributed by atoms with E-state index < -0.39 is 0 Å². The van der Waals surface area contributed by atoms with E-state index >= 15 is 0 Å². The Bertz CT molecular complexity index is 319. The van der Waals surface area contributed by atoms with Crippen molar-refractivity contribution in [3.05, 3.63) is 28.5 Å². The second-order valence-corrected chi connectivity index (χ2v) is 4.21. The molecular weight excluding hydrogens is 196 g/mol. The summed E-state index contributed by atoms with van der Waals surface area (Å²) in [5, 5.41) is 4.04. The minimum absolute atomic E-state index is 0.594. The van der Waals surface area contributed by atoms with Crippen molar-refractivity contribution in [3.8, 4) is 0 Å². The third-order valence-electron chi connectivity index (χ3n) is 2.80. The first-order chi connectivity index (χ1) is 6.77. The zero-order valence-electron chi connectivity index (χ0n) is 8.39. The number of hydrogen-bond acceptors (Lipinski definition) is 2. The van der Waals surface area contributed by atoms with Gasteiger partial charge in [-0.15, -0.1) is 0 Å². The summed E-state index contributed by atoms with van der Waals surface area (Å²) in [6, 6.07) is 4.17. The van der Waals surface area contributed by atoms with Gasteiger partial charge in [-0.1, -0.05) is 17.7 Å². The molecule has 0 unspecified atom stereocenters. The highest BCUT2D eigenvalue weighted by Gasteiger charge is 2.17. The fourth-order valence-electron chi connectivity index (χ4n) is 1.97. The summed E-state index contributed by atoms with van der Waals surface area (Å²) in [6.07, 6.45) is 2.34. The standard InChI is InChI=1S/C11H15ClN2/c1-8-2-3-10(11(12)14-8)9-4-6-13-7-5-9/h2-3,9,13H,4-7H2,1H3. The van der Waals surface area contributed by atoms with E-state index in [1.54, 1.807) is 0 Å². The summed E-state index contributed by atoms with van der Waals surface area (Å²) in [7, 11) is 0. The smallest absolute Gasteiger partial charge is 0.132 e. The van der Waals surface area contributed by atoms with Crippen molar-refractivity contribution in [2.45, 2.75) is 25.7 Å². The Morgan fingerprint density at radius 3 is 2.71 bits per heavy atom. The molecule has 0 radical (unpaired) electrons. The molecule has 1 aromatic rings. The first-order valence-electron chi connectivity index (χ1n) is 5.11. The van der Waals surface area contributed by atoms with E-state index in [9.17, 15) is 0 Å². The maximum absolute atomic E-state index is 6.13. The number of rotatable bonds is 1. The third kappa shape index (κ3) is 2.07. The van der Waals surface area contributed by atoms with Crippen LogP contribution in [0.1, 0.15) is 30.0 Å². The molecule has 1 saturated heterocycles. The van der Waals surface area contributed by atoms with Crippen molar-refractivity contribution in [3.63, 3.8) is 0 Å². The Morgan fingerprint density at radius 2 is 2.07 bits per heavy atom. The van der Waals surface area contributed by atoms with Gasteiger partial charge < -0.3 is 5.32 Å². The number of nitrogens with one attached hydrogen (secondary N) is 1. The molecule has 0 aromatic carbocycles. The highest BCUT2D eigenvalue weighted by molar-refractivity contribution is 6.30. The summed E-state index contributed by atoms with van der Waals surface area (Å²) in [5.74, 6) is 0.594. The number of hydrogen-bond donors (Lipinski definition) is 1. The van der Waals surface area contributed by atoms with Gasteiger partial charge in [0.05, 0.1) is 0 Å². The molecule has 14 heavy (non-hydrogen) atoms. The molecule has 2 nitrogen and oxygen atoms in total. The average Bonchev–Trinajstić information content (AvgIpc) is 2.19. The monoisotopic (exact) mass is 210 g/mol. The molecule has 2 rings (SSSR count). The van der Waals surface area contributed by atoms with Gasteiger partial charge in [0.25, 0.3) is 0 Å². The van der Waals surface area contributed by atoms with Crippen LogP contribution in [-0.4, -0.2) is 18.1 Å². The van der Waals surface area contributed by atoms with Gasteiger partial charge in [-0.25, -0.2) is 4.98 Å². The fourth-order valence-corrected chi connectivity index (χ4v) is 2.32. The lowest BCUT2D eigenvalue weighted by atomic mass is 9.91. The van der Waals surface area contributed by atoms with Crippen molar-refractivity contribution in [2.24, 2.45) is 0 Å². The SMILES string of the molecule is Cc1ccc(C2CCNCC2)c(Cl)n1. The lowest BCUT2D eigenvalue weighted by Gasteiger charge is -2.23. The number of aryl methyl sites for hydroxylation is 1. The lowest BCUT2D eigenvalue weighted by molar-refractivity contribution is 0.459. The first kappa shape index (κ1) is 9.94. The van der Waals surface area contributed by atoms with Crippen LogP contribution < -0.4 is 5.32 Å². The van der Waals surface area contributed by atoms with Gasteiger partial charge >= 0.3 is 0 Å². The number of aromatic nitrogens is 1. The zero-order chi connectivity index (χ0) is 9.97. The Kier molecular flexibility index (Phi) is 3.04. The van der Waals surface area contributed by atoms with E-state index in [2.05, 4.69) is 16.4 Å². The average molecular weight is 211 g/mol. The summed E-state index contributed by atoms with van der Waals surface area (Å²) in [4.78, 5) is 4.29. The van der Waals surface area contributed by atoms with Gasteiger partial charge in [0, 0.05) is 5.69 Å². The topological polar surface area (TPSA) is 24.9 Å². The highest BCUT2D eigenvalue weighted by Crippen LogP contribution is 2.29. The van der Waals surface area contributed by atoms with Crippen molar-refractivity contribution in [2.75, 3.05) is 13.1 Å². The Morgan fingerprint density at radius 1 is 1.36 bits per heavy atom. The van der Waals surface area contributed by atoms with Crippen molar-refractivity contribution >= 4 is 11.6 Å². The summed E-state index contributed by atoms with van der Waals surface area (Å²) in [5.41, 5.74) is 2.21. The van der Waals surface area contributed by atoms with Crippen LogP contribution in [0.25, 0.3) is 0 Å². The number of halogens is 1.